The van der Waals surface area contributed by atoms with E-state index in [-0.39, 0.29) is 0 Å². The molecule has 1 aromatic carbocycles. The van der Waals surface area contributed by atoms with E-state index in [1.807, 2.05) is 23.1 Å². The molecule has 2 fully saturated rings. The van der Waals surface area contributed by atoms with Crippen LogP contribution in [-0.2, 0) is 4.79 Å². The van der Waals surface area contributed by atoms with Gasteiger partial charge >= 0.3 is 0 Å². The zero-order valence-electron chi connectivity index (χ0n) is 14.9. The second kappa shape index (κ2) is 7.46. The van der Waals surface area contributed by atoms with Crippen LogP contribution in [-0.4, -0.2) is 47.0 Å². The largest absolute Gasteiger partial charge is 0.339 e. The fraction of sp³-hybridized carbons (Fsp3) is 0.600. The van der Waals surface area contributed by atoms with Crippen molar-refractivity contribution < 1.29 is 4.79 Å². The van der Waals surface area contributed by atoms with Crippen LogP contribution in [0.1, 0.15) is 44.9 Å². The van der Waals surface area contributed by atoms with Gasteiger partial charge in [0.05, 0.1) is 11.0 Å². The molecule has 5 heteroatoms. The number of hydrogen-bond donors (Lipinski definition) is 1. The molecule has 1 saturated carbocycles. The molecule has 1 saturated heterocycles. The average molecular weight is 340 g/mol. The van der Waals surface area contributed by atoms with Crippen LogP contribution >= 0.6 is 0 Å². The molecule has 25 heavy (non-hydrogen) atoms. The Kier molecular flexibility index (Phi) is 4.90. The number of H-pyrrole nitrogens is 1. The van der Waals surface area contributed by atoms with E-state index in [2.05, 4.69) is 20.9 Å². The zero-order chi connectivity index (χ0) is 17.1. The molecule has 0 unspecified atom stereocenters. The van der Waals surface area contributed by atoms with Gasteiger partial charge in [-0.2, -0.15) is 0 Å². The Morgan fingerprint density at radius 3 is 2.60 bits per heavy atom. The highest BCUT2D eigenvalue weighted by Gasteiger charge is 2.23. The fourth-order valence-corrected chi connectivity index (χ4v) is 4.22. The van der Waals surface area contributed by atoms with Crippen LogP contribution in [0.5, 0.6) is 0 Å². The van der Waals surface area contributed by atoms with Gasteiger partial charge < -0.3 is 14.8 Å². The van der Waals surface area contributed by atoms with E-state index >= 15 is 0 Å². The summed E-state index contributed by atoms with van der Waals surface area (Å²) in [4.78, 5) is 24.9. The zero-order valence-corrected chi connectivity index (χ0v) is 14.9. The number of benzene rings is 1. The first-order chi connectivity index (χ1) is 12.3. The second-order valence-electron chi connectivity index (χ2n) is 7.49. The van der Waals surface area contributed by atoms with Gasteiger partial charge in [0, 0.05) is 32.6 Å². The molecule has 1 aromatic heterocycles. The molecule has 1 N–H and O–H groups in total. The first-order valence-electron chi connectivity index (χ1n) is 9.77. The summed E-state index contributed by atoms with van der Waals surface area (Å²) in [6.07, 6.45) is 8.57. The average Bonchev–Trinajstić information content (AvgIpc) is 3.11. The predicted octanol–water partition coefficient (Wildman–Crippen LogP) is 3.57. The normalized spacial score (nSPS) is 19.5. The third kappa shape index (κ3) is 3.80. The molecule has 0 radical (unpaired) electrons. The number of piperazine rings is 1. The van der Waals surface area contributed by atoms with Crippen molar-refractivity contribution in [3.63, 3.8) is 0 Å². The molecule has 1 aliphatic carbocycles. The minimum atomic E-state index is 0.342. The molecule has 1 amide bonds. The number of carbonyl (C=O) groups excluding carboxylic acids is 1. The van der Waals surface area contributed by atoms with Crippen molar-refractivity contribution in [3.8, 4) is 0 Å². The number of rotatable bonds is 4. The number of nitrogens with zero attached hydrogens (tertiary/aromatic N) is 3. The number of aromatic amines is 1. The Labute approximate surface area is 149 Å². The maximum absolute atomic E-state index is 12.5. The summed E-state index contributed by atoms with van der Waals surface area (Å²) < 4.78 is 0. The Morgan fingerprint density at radius 2 is 1.84 bits per heavy atom. The molecular weight excluding hydrogens is 312 g/mol. The van der Waals surface area contributed by atoms with Crippen LogP contribution in [0.25, 0.3) is 11.0 Å². The standard InChI is InChI=1S/C20H28N4O/c25-19(11-10-16-6-2-1-3-7-16)23-12-14-24(15-13-23)20-21-17-8-4-5-9-18(17)22-20/h4-5,8-9,16H,1-3,6-7,10-15H2,(H,21,22). The molecule has 0 atom stereocenters. The molecule has 0 spiro atoms. The second-order valence-corrected chi connectivity index (χ2v) is 7.49. The van der Waals surface area contributed by atoms with E-state index < -0.39 is 0 Å². The van der Waals surface area contributed by atoms with Crippen molar-refractivity contribution in [1.29, 1.82) is 0 Å². The van der Waals surface area contributed by atoms with Gasteiger partial charge in [0.1, 0.15) is 0 Å². The van der Waals surface area contributed by atoms with Gasteiger partial charge in [-0.3, -0.25) is 4.79 Å². The number of para-hydroxylation sites is 2. The lowest BCUT2D eigenvalue weighted by atomic mass is 9.86. The first kappa shape index (κ1) is 16.4. The van der Waals surface area contributed by atoms with E-state index in [4.69, 9.17) is 0 Å². The van der Waals surface area contributed by atoms with Crippen molar-refractivity contribution in [1.82, 2.24) is 14.9 Å². The molecule has 2 heterocycles. The maximum atomic E-state index is 12.5. The van der Waals surface area contributed by atoms with Crippen molar-refractivity contribution in [3.05, 3.63) is 24.3 Å². The van der Waals surface area contributed by atoms with Gasteiger partial charge in [-0.25, -0.2) is 4.98 Å². The van der Waals surface area contributed by atoms with Gasteiger partial charge in [-0.1, -0.05) is 44.2 Å². The third-order valence-electron chi connectivity index (χ3n) is 5.80. The van der Waals surface area contributed by atoms with Gasteiger partial charge in [-0.15, -0.1) is 0 Å². The summed E-state index contributed by atoms with van der Waals surface area (Å²) in [6.45, 7) is 3.32. The number of aromatic nitrogens is 2. The quantitative estimate of drug-likeness (QED) is 0.926. The summed E-state index contributed by atoms with van der Waals surface area (Å²) >= 11 is 0. The summed E-state index contributed by atoms with van der Waals surface area (Å²) in [5.74, 6) is 2.06. The lowest BCUT2D eigenvalue weighted by Crippen LogP contribution is -2.49. The summed E-state index contributed by atoms with van der Waals surface area (Å²) in [7, 11) is 0. The lowest BCUT2D eigenvalue weighted by Gasteiger charge is -2.35. The summed E-state index contributed by atoms with van der Waals surface area (Å²) in [5.41, 5.74) is 2.08. The number of hydrogen-bond acceptors (Lipinski definition) is 3. The van der Waals surface area contributed by atoms with E-state index in [0.717, 1.165) is 61.9 Å². The van der Waals surface area contributed by atoms with Gasteiger partial charge in [0.15, 0.2) is 0 Å². The number of fused-ring (bicyclic) bond motifs is 1. The van der Waals surface area contributed by atoms with E-state index in [1.54, 1.807) is 0 Å². The fourth-order valence-electron chi connectivity index (χ4n) is 4.22. The summed E-state index contributed by atoms with van der Waals surface area (Å²) in [5, 5.41) is 0. The van der Waals surface area contributed by atoms with Crippen LogP contribution in [0.3, 0.4) is 0 Å². The van der Waals surface area contributed by atoms with Crippen molar-refractivity contribution in [2.24, 2.45) is 5.92 Å². The minimum Gasteiger partial charge on any atom is -0.339 e. The highest BCUT2D eigenvalue weighted by atomic mass is 16.2. The molecule has 1 aliphatic heterocycles. The van der Waals surface area contributed by atoms with Crippen LogP contribution in [0.4, 0.5) is 5.95 Å². The molecule has 2 aliphatic rings. The van der Waals surface area contributed by atoms with Crippen molar-refractivity contribution >= 4 is 22.9 Å². The van der Waals surface area contributed by atoms with Crippen LogP contribution in [0, 0.1) is 5.92 Å². The monoisotopic (exact) mass is 340 g/mol. The van der Waals surface area contributed by atoms with E-state index in [1.165, 1.54) is 32.1 Å². The van der Waals surface area contributed by atoms with Gasteiger partial charge in [0.2, 0.25) is 11.9 Å². The number of imidazole rings is 1. The molecule has 5 nitrogen and oxygen atoms in total. The number of nitrogens with one attached hydrogen (secondary N) is 1. The van der Waals surface area contributed by atoms with Crippen LogP contribution in [0.2, 0.25) is 0 Å². The summed E-state index contributed by atoms with van der Waals surface area (Å²) in [6, 6.07) is 8.11. The number of amides is 1. The van der Waals surface area contributed by atoms with Crippen molar-refractivity contribution in [2.45, 2.75) is 44.9 Å². The van der Waals surface area contributed by atoms with E-state index in [0.29, 0.717) is 5.91 Å². The highest BCUT2D eigenvalue weighted by molar-refractivity contribution is 5.78. The lowest BCUT2D eigenvalue weighted by molar-refractivity contribution is -0.131. The predicted molar refractivity (Wildman–Crippen MR) is 101 cm³/mol. The van der Waals surface area contributed by atoms with Crippen molar-refractivity contribution in [2.75, 3.05) is 31.1 Å². The third-order valence-corrected chi connectivity index (χ3v) is 5.80. The maximum Gasteiger partial charge on any atom is 0.222 e. The Bertz CT molecular complexity index is 678. The molecular formula is C20H28N4O. The van der Waals surface area contributed by atoms with Gasteiger partial charge in [-0.05, 0) is 24.5 Å². The number of anilines is 1. The SMILES string of the molecule is O=C(CCC1CCCCC1)N1CCN(c2nc3ccccc3[nH]2)CC1. The van der Waals surface area contributed by atoms with Crippen LogP contribution < -0.4 is 4.90 Å². The Hall–Kier alpha value is -2.04. The minimum absolute atomic E-state index is 0.342. The van der Waals surface area contributed by atoms with Crippen LogP contribution in [0.15, 0.2) is 24.3 Å². The van der Waals surface area contributed by atoms with Gasteiger partial charge in [0.25, 0.3) is 0 Å². The topological polar surface area (TPSA) is 52.2 Å². The first-order valence-corrected chi connectivity index (χ1v) is 9.77. The Balaban J connectivity index is 1.28. The Morgan fingerprint density at radius 1 is 1.08 bits per heavy atom. The number of carbonyl (C=O) groups is 1. The molecule has 0 bridgehead atoms. The molecule has 4 rings (SSSR count). The molecule has 2 aromatic rings. The molecule has 134 valence electrons. The highest BCUT2D eigenvalue weighted by Crippen LogP contribution is 2.27. The van der Waals surface area contributed by atoms with E-state index in [9.17, 15) is 4.79 Å². The smallest absolute Gasteiger partial charge is 0.222 e.